The average molecular weight is 248 g/mol. The molecule has 0 bridgehead atoms. The van der Waals surface area contributed by atoms with E-state index in [4.69, 9.17) is 0 Å². The lowest BCUT2D eigenvalue weighted by atomic mass is 10.1. The first-order valence-electron chi connectivity index (χ1n) is 3.39. The summed E-state index contributed by atoms with van der Waals surface area (Å²) < 4.78 is 0. The molecule has 0 aromatic heterocycles. The molecule has 1 heteroatoms. The normalized spacial score (nSPS) is 8.60. The van der Waals surface area contributed by atoms with Crippen LogP contribution in [0.1, 0.15) is 18.1 Å². The molecule has 0 saturated heterocycles. The summed E-state index contributed by atoms with van der Waals surface area (Å²) in [5.41, 5.74) is 2.86. The Kier molecular flexibility index (Phi) is 4.69. The Hall–Kier alpha value is -0.0500. The molecule has 0 N–H and O–H groups in total. The summed E-state index contributed by atoms with van der Waals surface area (Å²) in [6.07, 6.45) is 1.15. The topological polar surface area (TPSA) is 0 Å². The largest absolute Gasteiger partial charge is 0.107 e. The van der Waals surface area contributed by atoms with E-state index in [0.29, 0.717) is 0 Å². The van der Waals surface area contributed by atoms with Gasteiger partial charge in [0.1, 0.15) is 0 Å². The van der Waals surface area contributed by atoms with Crippen LogP contribution in [0.5, 0.6) is 0 Å². The van der Waals surface area contributed by atoms with Gasteiger partial charge in [-0.3, -0.25) is 0 Å². The molecule has 0 saturated carbocycles. The molecule has 0 fully saturated rings. The second-order valence-corrected chi connectivity index (χ2v) is 2.28. The molecule has 0 aliphatic carbocycles. The summed E-state index contributed by atoms with van der Waals surface area (Å²) in [5, 5.41) is 0. The third-order valence-electron chi connectivity index (χ3n) is 1.64. The van der Waals surface area contributed by atoms with Gasteiger partial charge in [-0.05, 0) is 24.5 Å². The number of halogens is 1. The minimum absolute atomic E-state index is 0. The summed E-state index contributed by atoms with van der Waals surface area (Å²) >= 11 is 0. The van der Waals surface area contributed by atoms with Gasteiger partial charge in [0.15, 0.2) is 0 Å². The highest BCUT2D eigenvalue weighted by Gasteiger charge is 1.89. The van der Waals surface area contributed by atoms with Gasteiger partial charge < -0.3 is 0 Å². The lowest BCUT2D eigenvalue weighted by molar-refractivity contribution is 1.11. The van der Waals surface area contributed by atoms with Gasteiger partial charge in [-0.1, -0.05) is 31.2 Å². The highest BCUT2D eigenvalue weighted by molar-refractivity contribution is 14.0. The Morgan fingerprint density at radius 2 is 1.80 bits per heavy atom. The van der Waals surface area contributed by atoms with Crippen LogP contribution in [-0.2, 0) is 6.42 Å². The van der Waals surface area contributed by atoms with Crippen molar-refractivity contribution < 1.29 is 0 Å². The lowest BCUT2D eigenvalue weighted by Crippen LogP contribution is -1.82. The van der Waals surface area contributed by atoms with Gasteiger partial charge in [0, 0.05) is 0 Å². The standard InChI is InChI=1S/C9H12.HI/c1-3-9-7-5-4-6-8(9)2;/h4-7H,3H2,1-2H3;1H. The average Bonchev–Trinajstić information content (AvgIpc) is 1.89. The van der Waals surface area contributed by atoms with Crippen LogP contribution in [0.4, 0.5) is 0 Å². The second-order valence-electron chi connectivity index (χ2n) is 2.28. The minimum atomic E-state index is 0. The zero-order valence-corrected chi connectivity index (χ0v) is 8.76. The summed E-state index contributed by atoms with van der Waals surface area (Å²) in [7, 11) is 0. The van der Waals surface area contributed by atoms with E-state index in [2.05, 4.69) is 38.1 Å². The second kappa shape index (κ2) is 4.72. The van der Waals surface area contributed by atoms with Crippen LogP contribution in [0.25, 0.3) is 0 Å². The Bertz CT molecular complexity index is 194. The first-order chi connectivity index (χ1) is 4.34. The molecular formula is C9H13I. The van der Waals surface area contributed by atoms with Gasteiger partial charge in [-0.15, -0.1) is 24.0 Å². The molecule has 0 radical (unpaired) electrons. The van der Waals surface area contributed by atoms with Gasteiger partial charge >= 0.3 is 0 Å². The van der Waals surface area contributed by atoms with Crippen LogP contribution in [0.3, 0.4) is 0 Å². The zero-order valence-electron chi connectivity index (χ0n) is 6.42. The lowest BCUT2D eigenvalue weighted by Gasteiger charge is -1.98. The maximum Gasteiger partial charge on any atom is -0.0305 e. The number of aryl methyl sites for hydroxylation is 2. The Labute approximate surface area is 79.7 Å². The maximum absolute atomic E-state index is 2.18. The molecule has 1 aromatic carbocycles. The quantitative estimate of drug-likeness (QED) is 0.669. The number of hydrogen-bond acceptors (Lipinski definition) is 0. The molecule has 1 rings (SSSR count). The monoisotopic (exact) mass is 248 g/mol. The molecule has 10 heavy (non-hydrogen) atoms. The molecule has 0 atom stereocenters. The summed E-state index contributed by atoms with van der Waals surface area (Å²) in [4.78, 5) is 0. The minimum Gasteiger partial charge on any atom is -0.107 e. The third kappa shape index (κ3) is 2.29. The highest BCUT2D eigenvalue weighted by atomic mass is 127. The predicted molar refractivity (Wildman–Crippen MR) is 56.0 cm³/mol. The first kappa shape index (κ1) is 9.95. The van der Waals surface area contributed by atoms with Crippen molar-refractivity contribution in [2.75, 3.05) is 0 Å². The summed E-state index contributed by atoms with van der Waals surface area (Å²) in [6.45, 7) is 4.33. The van der Waals surface area contributed by atoms with Gasteiger partial charge in [0.25, 0.3) is 0 Å². The molecule has 0 heterocycles. The van der Waals surface area contributed by atoms with E-state index in [0.717, 1.165) is 6.42 Å². The van der Waals surface area contributed by atoms with Crippen molar-refractivity contribution in [3.8, 4) is 0 Å². The molecule has 0 amide bonds. The maximum atomic E-state index is 2.18. The fraction of sp³-hybridized carbons (Fsp3) is 0.333. The van der Waals surface area contributed by atoms with Crippen molar-refractivity contribution >= 4 is 24.0 Å². The predicted octanol–water partition coefficient (Wildman–Crippen LogP) is 3.18. The molecule has 56 valence electrons. The Balaban J connectivity index is 0.000000810. The molecule has 1 aromatic rings. The van der Waals surface area contributed by atoms with E-state index >= 15 is 0 Å². The van der Waals surface area contributed by atoms with Crippen molar-refractivity contribution in [2.24, 2.45) is 0 Å². The van der Waals surface area contributed by atoms with Crippen molar-refractivity contribution in [3.63, 3.8) is 0 Å². The van der Waals surface area contributed by atoms with Crippen LogP contribution in [0.15, 0.2) is 24.3 Å². The number of hydrogen-bond donors (Lipinski definition) is 0. The van der Waals surface area contributed by atoms with Crippen LogP contribution >= 0.6 is 24.0 Å². The third-order valence-corrected chi connectivity index (χ3v) is 1.64. The van der Waals surface area contributed by atoms with E-state index in [1.54, 1.807) is 0 Å². The summed E-state index contributed by atoms with van der Waals surface area (Å²) in [6, 6.07) is 8.49. The Morgan fingerprint density at radius 3 is 2.20 bits per heavy atom. The van der Waals surface area contributed by atoms with Crippen LogP contribution in [0.2, 0.25) is 0 Å². The molecule has 0 aliphatic heterocycles. The van der Waals surface area contributed by atoms with E-state index in [-0.39, 0.29) is 24.0 Å². The van der Waals surface area contributed by atoms with E-state index < -0.39 is 0 Å². The van der Waals surface area contributed by atoms with Crippen molar-refractivity contribution in [3.05, 3.63) is 35.4 Å². The SMILES string of the molecule is CCc1ccccc1C.I. The van der Waals surface area contributed by atoms with Crippen LogP contribution in [-0.4, -0.2) is 0 Å². The van der Waals surface area contributed by atoms with Gasteiger partial charge in [0.2, 0.25) is 0 Å². The van der Waals surface area contributed by atoms with Gasteiger partial charge in [-0.2, -0.15) is 0 Å². The van der Waals surface area contributed by atoms with Crippen LogP contribution in [0, 0.1) is 6.92 Å². The first-order valence-corrected chi connectivity index (χ1v) is 3.39. The molecule has 0 unspecified atom stereocenters. The fourth-order valence-corrected chi connectivity index (χ4v) is 1.01. The molecule has 0 aliphatic rings. The van der Waals surface area contributed by atoms with Crippen molar-refractivity contribution in [2.45, 2.75) is 20.3 Å². The molecule has 0 spiro atoms. The van der Waals surface area contributed by atoms with Gasteiger partial charge in [-0.25, -0.2) is 0 Å². The van der Waals surface area contributed by atoms with Gasteiger partial charge in [0.05, 0.1) is 0 Å². The van der Waals surface area contributed by atoms with E-state index in [1.807, 2.05) is 0 Å². The zero-order chi connectivity index (χ0) is 6.69. The van der Waals surface area contributed by atoms with E-state index in [9.17, 15) is 0 Å². The molecular weight excluding hydrogens is 235 g/mol. The van der Waals surface area contributed by atoms with Crippen LogP contribution < -0.4 is 0 Å². The van der Waals surface area contributed by atoms with Crippen molar-refractivity contribution in [1.29, 1.82) is 0 Å². The smallest absolute Gasteiger partial charge is 0.0305 e. The fourth-order valence-electron chi connectivity index (χ4n) is 1.01. The van der Waals surface area contributed by atoms with E-state index in [1.165, 1.54) is 11.1 Å². The molecule has 0 nitrogen and oxygen atoms in total. The number of benzene rings is 1. The highest BCUT2D eigenvalue weighted by Crippen LogP contribution is 2.06. The number of rotatable bonds is 1. The Morgan fingerprint density at radius 1 is 1.20 bits per heavy atom. The van der Waals surface area contributed by atoms with Crippen molar-refractivity contribution in [1.82, 2.24) is 0 Å². The summed E-state index contributed by atoms with van der Waals surface area (Å²) in [5.74, 6) is 0.